The summed E-state index contributed by atoms with van der Waals surface area (Å²) in [4.78, 5) is 8.33. The quantitative estimate of drug-likeness (QED) is 0.312. The fourth-order valence-corrected chi connectivity index (χ4v) is 1.09. The van der Waals surface area contributed by atoms with Crippen LogP contribution in [0.4, 0.5) is 4.79 Å². The molecule has 1 rings (SSSR count). The Labute approximate surface area is 211 Å². The zero-order chi connectivity index (χ0) is 14.2. The summed E-state index contributed by atoms with van der Waals surface area (Å²) in [5, 5.41) is 16.7. The molecule has 7 heteroatoms. The van der Waals surface area contributed by atoms with Crippen LogP contribution in [0.5, 0.6) is 5.75 Å². The molecule has 0 saturated heterocycles. The minimum absolute atomic E-state index is 0. The summed E-state index contributed by atoms with van der Waals surface area (Å²) in [6, 6.07) is 9.68. The van der Waals surface area contributed by atoms with Gasteiger partial charge < -0.3 is 19.7 Å². The van der Waals surface area contributed by atoms with Crippen molar-refractivity contribution in [2.24, 2.45) is 0 Å². The first-order valence-electron chi connectivity index (χ1n) is 5.61. The SMILES string of the molecule is CCCCCCl.COc1ccccc1.O=C([O-])[O-].[K+].[K+]. The summed E-state index contributed by atoms with van der Waals surface area (Å²) in [5.74, 6) is 1.74. The number of hydrogen-bond donors (Lipinski definition) is 0. The van der Waals surface area contributed by atoms with E-state index in [4.69, 9.17) is 31.3 Å². The van der Waals surface area contributed by atoms with Crippen LogP contribution in [-0.4, -0.2) is 19.1 Å². The average molecular weight is 353 g/mol. The second-order valence-corrected chi connectivity index (χ2v) is 3.54. The van der Waals surface area contributed by atoms with Crippen LogP contribution in [0.2, 0.25) is 0 Å². The monoisotopic (exact) mass is 352 g/mol. The van der Waals surface area contributed by atoms with Gasteiger partial charge in [0.15, 0.2) is 0 Å². The van der Waals surface area contributed by atoms with Crippen molar-refractivity contribution in [3.05, 3.63) is 30.3 Å². The van der Waals surface area contributed by atoms with E-state index in [1.165, 1.54) is 19.3 Å². The van der Waals surface area contributed by atoms with Crippen molar-refractivity contribution in [2.45, 2.75) is 26.2 Å². The molecule has 0 aromatic heterocycles. The third-order valence-corrected chi connectivity index (χ3v) is 1.98. The van der Waals surface area contributed by atoms with E-state index in [1.807, 2.05) is 30.3 Å². The summed E-state index contributed by atoms with van der Waals surface area (Å²) < 4.78 is 4.91. The molecule has 0 saturated carbocycles. The van der Waals surface area contributed by atoms with E-state index in [0.717, 1.165) is 11.6 Å². The van der Waals surface area contributed by atoms with Crippen LogP contribution in [0.15, 0.2) is 30.3 Å². The van der Waals surface area contributed by atoms with Crippen LogP contribution < -0.4 is 118 Å². The van der Waals surface area contributed by atoms with Crippen molar-refractivity contribution in [1.29, 1.82) is 0 Å². The number of carboxylic acid groups (broad SMARTS) is 2. The van der Waals surface area contributed by atoms with Crippen LogP contribution in [0.25, 0.3) is 0 Å². The first-order valence-corrected chi connectivity index (χ1v) is 6.14. The summed E-state index contributed by atoms with van der Waals surface area (Å²) in [6.45, 7) is 2.17. The fourth-order valence-electron chi connectivity index (χ4n) is 0.901. The number of halogens is 1. The first-order chi connectivity index (χ1) is 8.58. The van der Waals surface area contributed by atoms with Crippen molar-refractivity contribution in [2.75, 3.05) is 13.0 Å². The van der Waals surface area contributed by atoms with Gasteiger partial charge in [-0.25, -0.2) is 0 Å². The Morgan fingerprint density at radius 2 is 1.60 bits per heavy atom. The van der Waals surface area contributed by atoms with Crippen molar-refractivity contribution in [3.63, 3.8) is 0 Å². The van der Waals surface area contributed by atoms with E-state index in [1.54, 1.807) is 7.11 Å². The molecule has 0 atom stereocenters. The average Bonchev–Trinajstić information content (AvgIpc) is 2.37. The van der Waals surface area contributed by atoms with Gasteiger partial charge in [-0.1, -0.05) is 38.0 Å². The number of unbranched alkanes of at least 4 members (excludes halogenated alkanes) is 2. The Morgan fingerprint density at radius 1 is 1.15 bits per heavy atom. The van der Waals surface area contributed by atoms with Gasteiger partial charge in [0.2, 0.25) is 0 Å². The Morgan fingerprint density at radius 3 is 1.80 bits per heavy atom. The molecule has 0 bridgehead atoms. The fraction of sp³-hybridized carbons (Fsp3) is 0.462. The number of alkyl halides is 1. The van der Waals surface area contributed by atoms with Crippen molar-refractivity contribution >= 4 is 17.8 Å². The number of hydrogen-bond acceptors (Lipinski definition) is 4. The van der Waals surface area contributed by atoms with E-state index in [9.17, 15) is 0 Å². The molecular weight excluding hydrogens is 334 g/mol. The van der Waals surface area contributed by atoms with E-state index in [0.29, 0.717) is 0 Å². The summed E-state index contributed by atoms with van der Waals surface area (Å²) in [5.41, 5.74) is 0. The van der Waals surface area contributed by atoms with Crippen molar-refractivity contribution in [3.8, 4) is 5.75 Å². The van der Waals surface area contributed by atoms with Crippen LogP contribution in [0, 0.1) is 0 Å². The number of benzene rings is 1. The largest absolute Gasteiger partial charge is 1.00 e. The standard InChI is InChI=1S/C7H8O.C5H11Cl.CH2O3.2K/c1-8-7-5-3-2-4-6-7;1-2-3-4-5-6;2-1(3)4;;/h2-6H,1H3;2-5H2,1H3;(H2,2,3,4);;/q;;;2*+1/p-2. The third kappa shape index (κ3) is 32.0. The number of carbonyl (C=O) groups excluding carboxylic acids is 1. The van der Waals surface area contributed by atoms with Crippen LogP contribution in [0.1, 0.15) is 26.2 Å². The van der Waals surface area contributed by atoms with Gasteiger partial charge in [0, 0.05) is 5.88 Å². The molecule has 1 aromatic rings. The van der Waals surface area contributed by atoms with Crippen LogP contribution in [0.3, 0.4) is 0 Å². The maximum absolute atomic E-state index is 8.33. The second kappa shape index (κ2) is 25.8. The summed E-state index contributed by atoms with van der Waals surface area (Å²) in [7, 11) is 1.66. The van der Waals surface area contributed by atoms with Gasteiger partial charge in [-0.15, -0.1) is 11.6 Å². The molecular formula is C13H19ClK2O4. The van der Waals surface area contributed by atoms with Crippen molar-refractivity contribution < 1.29 is 123 Å². The normalized spacial score (nSPS) is 7.35. The molecule has 1 aromatic carbocycles. The molecule has 0 aliphatic carbocycles. The minimum atomic E-state index is -2.33. The predicted molar refractivity (Wildman–Crippen MR) is 68.6 cm³/mol. The van der Waals surface area contributed by atoms with Gasteiger partial charge in [0.1, 0.15) is 5.75 Å². The Balaban J connectivity index is -0.0000000969. The second-order valence-electron chi connectivity index (χ2n) is 3.16. The zero-order valence-electron chi connectivity index (χ0n) is 12.7. The van der Waals surface area contributed by atoms with Gasteiger partial charge >= 0.3 is 103 Å². The number of methoxy groups -OCH3 is 1. The van der Waals surface area contributed by atoms with Gasteiger partial charge in [-0.05, 0) is 24.7 Å². The molecule has 0 unspecified atom stereocenters. The number of carbonyl (C=O) groups is 1. The Bertz CT molecular complexity index is 279. The minimum Gasteiger partial charge on any atom is -0.652 e. The third-order valence-electron chi connectivity index (χ3n) is 1.72. The number of para-hydroxylation sites is 1. The smallest absolute Gasteiger partial charge is 0.652 e. The Kier molecular flexibility index (Phi) is 38.4. The topological polar surface area (TPSA) is 72.4 Å². The van der Waals surface area contributed by atoms with E-state index in [-0.39, 0.29) is 103 Å². The maximum atomic E-state index is 8.33. The molecule has 0 aliphatic heterocycles. The van der Waals surface area contributed by atoms with E-state index < -0.39 is 6.16 Å². The van der Waals surface area contributed by atoms with Crippen LogP contribution in [-0.2, 0) is 0 Å². The molecule has 0 spiro atoms. The molecule has 4 nitrogen and oxygen atoms in total. The number of ether oxygens (including phenoxy) is 1. The summed E-state index contributed by atoms with van der Waals surface area (Å²) >= 11 is 5.38. The van der Waals surface area contributed by atoms with Gasteiger partial charge in [-0.2, -0.15) is 0 Å². The first kappa shape index (κ1) is 29.8. The molecule has 0 amide bonds. The molecule has 0 aliphatic rings. The molecule has 0 radical (unpaired) electrons. The van der Waals surface area contributed by atoms with Crippen LogP contribution >= 0.6 is 11.6 Å². The molecule has 104 valence electrons. The van der Waals surface area contributed by atoms with E-state index in [2.05, 4.69) is 6.92 Å². The van der Waals surface area contributed by atoms with Gasteiger partial charge in [0.05, 0.1) is 7.11 Å². The zero-order valence-corrected chi connectivity index (χ0v) is 19.7. The van der Waals surface area contributed by atoms with Crippen molar-refractivity contribution in [1.82, 2.24) is 0 Å². The van der Waals surface area contributed by atoms with Gasteiger partial charge in [-0.3, -0.25) is 0 Å². The number of rotatable bonds is 4. The molecule has 0 fully saturated rings. The molecule has 0 N–H and O–H groups in total. The Hall–Kier alpha value is 1.85. The van der Waals surface area contributed by atoms with E-state index >= 15 is 0 Å². The predicted octanol–water partition coefficient (Wildman–Crippen LogP) is -4.33. The summed E-state index contributed by atoms with van der Waals surface area (Å²) in [6.07, 6.45) is 1.40. The molecule has 20 heavy (non-hydrogen) atoms. The molecule has 0 heterocycles. The maximum Gasteiger partial charge on any atom is 1.00 e. The van der Waals surface area contributed by atoms with Gasteiger partial charge in [0.25, 0.3) is 0 Å².